The molecule has 33 heavy (non-hydrogen) atoms. The number of nitrogens with two attached hydrogens (primary N) is 1. The van der Waals surface area contributed by atoms with Crippen LogP contribution in [0.3, 0.4) is 0 Å². The average molecular weight is 448 g/mol. The molecule has 170 valence electrons. The molecule has 2 heterocycles. The van der Waals surface area contributed by atoms with Crippen molar-refractivity contribution in [2.24, 2.45) is 5.73 Å². The average Bonchev–Trinajstić information content (AvgIpc) is 2.80. The van der Waals surface area contributed by atoms with Gasteiger partial charge in [0.05, 0.1) is 13.2 Å². The Kier molecular flexibility index (Phi) is 5.73. The first-order valence-electron chi connectivity index (χ1n) is 10.4. The number of carbonyl (C=O) groups is 2. The third kappa shape index (κ3) is 4.22. The molecule has 1 aliphatic rings. The maximum atomic E-state index is 12.9. The van der Waals surface area contributed by atoms with Gasteiger partial charge in [-0.1, -0.05) is 36.4 Å². The Morgan fingerprint density at radius 1 is 1.21 bits per heavy atom. The summed E-state index contributed by atoms with van der Waals surface area (Å²) in [5.41, 5.74) is 6.21. The normalized spacial score (nSPS) is 14.4. The van der Waals surface area contributed by atoms with Crippen LogP contribution in [0.2, 0.25) is 0 Å². The smallest absolute Gasteiger partial charge is 0.296 e. The van der Waals surface area contributed by atoms with E-state index >= 15 is 0 Å². The lowest BCUT2D eigenvalue weighted by Gasteiger charge is -2.32. The highest BCUT2D eigenvalue weighted by Crippen LogP contribution is 2.28. The summed E-state index contributed by atoms with van der Waals surface area (Å²) in [5.74, 6) is -1.63. The summed E-state index contributed by atoms with van der Waals surface area (Å²) in [6.07, 6.45) is 0. The number of rotatable bonds is 5. The van der Waals surface area contributed by atoms with E-state index < -0.39 is 28.7 Å². The van der Waals surface area contributed by atoms with Crippen molar-refractivity contribution in [3.8, 4) is 16.9 Å². The lowest BCUT2D eigenvalue weighted by molar-refractivity contribution is -0.0566. The summed E-state index contributed by atoms with van der Waals surface area (Å²) in [6.45, 7) is 4.16. The van der Waals surface area contributed by atoms with Crippen LogP contribution in [-0.4, -0.2) is 33.1 Å². The molecule has 0 atom stereocenters. The van der Waals surface area contributed by atoms with Crippen LogP contribution in [0.1, 0.15) is 46.1 Å². The number of nitrogens with zero attached hydrogens (tertiary/aromatic N) is 2. The minimum absolute atomic E-state index is 0.106. The molecule has 2 aromatic carbocycles. The van der Waals surface area contributed by atoms with E-state index in [0.29, 0.717) is 12.2 Å². The number of hydrogen-bond donors (Lipinski definition) is 3. The number of fused-ring (bicyclic) bond motifs is 1. The van der Waals surface area contributed by atoms with Crippen molar-refractivity contribution >= 4 is 11.8 Å². The van der Waals surface area contributed by atoms with E-state index in [4.69, 9.17) is 10.5 Å². The number of aromatic hydroxyl groups is 1. The van der Waals surface area contributed by atoms with Gasteiger partial charge in [-0.25, -0.2) is 4.98 Å². The van der Waals surface area contributed by atoms with Gasteiger partial charge in [0.25, 0.3) is 11.5 Å². The first-order chi connectivity index (χ1) is 15.7. The summed E-state index contributed by atoms with van der Waals surface area (Å²) in [5, 5.41) is 13.1. The molecule has 0 aliphatic carbocycles. The van der Waals surface area contributed by atoms with E-state index in [1.807, 2.05) is 30.3 Å². The maximum absolute atomic E-state index is 12.9. The van der Waals surface area contributed by atoms with Crippen molar-refractivity contribution in [3.05, 3.63) is 81.5 Å². The van der Waals surface area contributed by atoms with Crippen LogP contribution < -0.4 is 16.6 Å². The second-order valence-electron chi connectivity index (χ2n) is 8.23. The number of hydrogen-bond acceptors (Lipinski definition) is 6. The highest BCUT2D eigenvalue weighted by molar-refractivity contribution is 5.95. The van der Waals surface area contributed by atoms with Crippen molar-refractivity contribution in [1.29, 1.82) is 0 Å². The molecular formula is C24H24N4O5. The van der Waals surface area contributed by atoms with Gasteiger partial charge in [0.1, 0.15) is 11.4 Å². The first kappa shape index (κ1) is 22.2. The minimum atomic E-state index is -0.877. The van der Waals surface area contributed by atoms with Crippen LogP contribution in [-0.2, 0) is 23.4 Å². The summed E-state index contributed by atoms with van der Waals surface area (Å²) >= 11 is 0. The fraction of sp³-hybridized carbons (Fsp3) is 0.250. The number of carbonyl (C=O) groups excluding carboxylic acids is 2. The zero-order chi connectivity index (χ0) is 23.8. The monoisotopic (exact) mass is 448 g/mol. The van der Waals surface area contributed by atoms with Gasteiger partial charge >= 0.3 is 0 Å². The minimum Gasteiger partial charge on any atom is -0.501 e. The van der Waals surface area contributed by atoms with Crippen LogP contribution in [0.5, 0.6) is 5.75 Å². The molecule has 2 amide bonds. The number of ether oxygens (including phenoxy) is 1. The number of amides is 2. The molecule has 0 bridgehead atoms. The van der Waals surface area contributed by atoms with Gasteiger partial charge in [0.15, 0.2) is 5.69 Å². The molecule has 4 rings (SSSR count). The maximum Gasteiger partial charge on any atom is 0.296 e. The molecule has 0 saturated heterocycles. The van der Waals surface area contributed by atoms with Crippen LogP contribution in [0, 0.1) is 0 Å². The molecule has 1 aromatic heterocycles. The number of nitrogens with one attached hydrogen (secondary N) is 1. The van der Waals surface area contributed by atoms with Crippen molar-refractivity contribution in [2.75, 3.05) is 6.61 Å². The Balaban J connectivity index is 1.63. The number of aromatic nitrogens is 2. The fourth-order valence-electron chi connectivity index (χ4n) is 3.88. The van der Waals surface area contributed by atoms with Gasteiger partial charge in [-0.05, 0) is 42.7 Å². The molecule has 0 spiro atoms. The Morgan fingerprint density at radius 3 is 2.73 bits per heavy atom. The van der Waals surface area contributed by atoms with Gasteiger partial charge in [0, 0.05) is 12.1 Å². The van der Waals surface area contributed by atoms with Crippen molar-refractivity contribution in [3.63, 3.8) is 0 Å². The highest BCUT2D eigenvalue weighted by Gasteiger charge is 2.34. The Labute approximate surface area is 189 Å². The summed E-state index contributed by atoms with van der Waals surface area (Å²) in [4.78, 5) is 41.3. The van der Waals surface area contributed by atoms with Crippen LogP contribution in [0.4, 0.5) is 0 Å². The molecule has 0 fully saturated rings. The Morgan fingerprint density at radius 2 is 1.97 bits per heavy atom. The number of primary amides is 1. The van der Waals surface area contributed by atoms with E-state index in [1.54, 1.807) is 32.0 Å². The van der Waals surface area contributed by atoms with Crippen molar-refractivity contribution < 1.29 is 19.4 Å². The standard InChI is InChI=1S/C24H24N4O5/c1-24(2)23-27-18(19(29)22(32)28(23)10-11-33-24)21(31)26-13-16-6-3-4-9-17(16)14-7-5-8-15(12-14)20(25)30/h3-9,12,29H,10-11,13H2,1-2H3,(H2,25,30)(H,26,31). The van der Waals surface area contributed by atoms with Gasteiger partial charge < -0.3 is 20.9 Å². The summed E-state index contributed by atoms with van der Waals surface area (Å²) in [6, 6.07) is 14.2. The topological polar surface area (TPSA) is 137 Å². The largest absolute Gasteiger partial charge is 0.501 e. The summed E-state index contributed by atoms with van der Waals surface area (Å²) in [7, 11) is 0. The van der Waals surface area contributed by atoms with E-state index in [0.717, 1.165) is 16.7 Å². The Bertz CT molecular complexity index is 1310. The number of benzene rings is 2. The molecular weight excluding hydrogens is 424 g/mol. The highest BCUT2D eigenvalue weighted by atomic mass is 16.5. The van der Waals surface area contributed by atoms with E-state index in [-0.39, 0.29) is 24.6 Å². The zero-order valence-electron chi connectivity index (χ0n) is 18.3. The van der Waals surface area contributed by atoms with Gasteiger partial charge in [-0.3, -0.25) is 19.0 Å². The van der Waals surface area contributed by atoms with Crippen molar-refractivity contribution in [1.82, 2.24) is 14.9 Å². The van der Waals surface area contributed by atoms with Gasteiger partial charge in [-0.2, -0.15) is 0 Å². The molecule has 1 aliphatic heterocycles. The third-order valence-electron chi connectivity index (χ3n) is 5.59. The van der Waals surface area contributed by atoms with Crippen LogP contribution in [0.25, 0.3) is 11.1 Å². The second kappa shape index (κ2) is 8.51. The summed E-state index contributed by atoms with van der Waals surface area (Å²) < 4.78 is 7.00. The fourth-order valence-corrected chi connectivity index (χ4v) is 3.88. The third-order valence-corrected chi connectivity index (χ3v) is 5.59. The zero-order valence-corrected chi connectivity index (χ0v) is 18.3. The predicted molar refractivity (Wildman–Crippen MR) is 121 cm³/mol. The molecule has 0 unspecified atom stereocenters. The predicted octanol–water partition coefficient (Wildman–Crippen LogP) is 1.91. The molecule has 9 nitrogen and oxygen atoms in total. The molecule has 9 heteroatoms. The lowest BCUT2D eigenvalue weighted by Crippen LogP contribution is -2.42. The van der Waals surface area contributed by atoms with Gasteiger partial charge in [-0.15, -0.1) is 0 Å². The molecule has 3 aromatic rings. The van der Waals surface area contributed by atoms with E-state index in [2.05, 4.69) is 10.3 Å². The SMILES string of the molecule is CC1(C)OCCn2c1nc(C(=O)NCc1ccccc1-c1cccc(C(N)=O)c1)c(O)c2=O. The van der Waals surface area contributed by atoms with Crippen LogP contribution >= 0.6 is 0 Å². The molecule has 4 N–H and O–H groups in total. The lowest BCUT2D eigenvalue weighted by atomic mass is 9.98. The Hall–Kier alpha value is -3.98. The molecule has 0 saturated carbocycles. The van der Waals surface area contributed by atoms with Gasteiger partial charge in [0.2, 0.25) is 11.7 Å². The molecule has 0 radical (unpaired) electrons. The second-order valence-corrected chi connectivity index (χ2v) is 8.23. The van der Waals surface area contributed by atoms with E-state index in [9.17, 15) is 19.5 Å². The van der Waals surface area contributed by atoms with Crippen LogP contribution in [0.15, 0.2) is 53.3 Å². The van der Waals surface area contributed by atoms with E-state index in [1.165, 1.54) is 4.57 Å². The van der Waals surface area contributed by atoms with Crippen molar-refractivity contribution in [2.45, 2.75) is 32.5 Å². The first-order valence-corrected chi connectivity index (χ1v) is 10.4. The quantitative estimate of drug-likeness (QED) is 0.545.